The first-order chi connectivity index (χ1) is 12.4. The maximum Gasteiger partial charge on any atom is 0.326 e. The van der Waals surface area contributed by atoms with Gasteiger partial charge < -0.3 is 14.8 Å². The number of amides is 1. The van der Waals surface area contributed by atoms with E-state index in [1.165, 1.54) is 5.56 Å². The van der Waals surface area contributed by atoms with Gasteiger partial charge in [0.25, 0.3) is 0 Å². The molecule has 1 aromatic heterocycles. The predicted octanol–water partition coefficient (Wildman–Crippen LogP) is 3.77. The Morgan fingerprint density at radius 2 is 1.92 bits per heavy atom. The van der Waals surface area contributed by atoms with Crippen LogP contribution in [0.5, 0.6) is 0 Å². The number of carboxylic acids is 1. The molecular formula is C20H26N2O4. The van der Waals surface area contributed by atoms with Gasteiger partial charge in [0.05, 0.1) is 6.20 Å². The van der Waals surface area contributed by atoms with E-state index in [9.17, 15) is 9.59 Å². The Balaban J connectivity index is 1.91. The highest BCUT2D eigenvalue weighted by molar-refractivity contribution is 5.83. The molecule has 0 aliphatic carbocycles. The van der Waals surface area contributed by atoms with E-state index in [0.29, 0.717) is 36.8 Å². The Morgan fingerprint density at radius 1 is 1.23 bits per heavy atom. The van der Waals surface area contributed by atoms with Gasteiger partial charge in [-0.3, -0.25) is 4.79 Å². The first-order valence-corrected chi connectivity index (χ1v) is 8.98. The molecule has 6 nitrogen and oxygen atoms in total. The Morgan fingerprint density at radius 3 is 2.50 bits per heavy atom. The first-order valence-electron chi connectivity index (χ1n) is 8.98. The molecule has 1 amide bonds. The minimum absolute atomic E-state index is 0.139. The second-order valence-corrected chi connectivity index (χ2v) is 6.64. The van der Waals surface area contributed by atoms with Crippen molar-refractivity contribution in [2.45, 2.75) is 58.4 Å². The van der Waals surface area contributed by atoms with Crippen LogP contribution in [-0.2, 0) is 16.0 Å². The summed E-state index contributed by atoms with van der Waals surface area (Å²) in [5.41, 5.74) is 2.19. The third-order valence-electron chi connectivity index (χ3n) is 4.19. The van der Waals surface area contributed by atoms with E-state index >= 15 is 0 Å². The van der Waals surface area contributed by atoms with E-state index in [0.717, 1.165) is 5.56 Å². The molecule has 26 heavy (non-hydrogen) atoms. The smallest absolute Gasteiger partial charge is 0.326 e. The maximum absolute atomic E-state index is 11.9. The minimum atomic E-state index is -1.01. The zero-order valence-electron chi connectivity index (χ0n) is 15.5. The topological polar surface area (TPSA) is 92.4 Å². The van der Waals surface area contributed by atoms with Crippen molar-refractivity contribution in [1.29, 1.82) is 0 Å². The van der Waals surface area contributed by atoms with Crippen LogP contribution in [0.2, 0.25) is 0 Å². The van der Waals surface area contributed by atoms with E-state index in [4.69, 9.17) is 9.52 Å². The number of carbonyl (C=O) groups excluding carboxylic acids is 1. The quantitative estimate of drug-likeness (QED) is 0.712. The van der Waals surface area contributed by atoms with Crippen molar-refractivity contribution in [3.63, 3.8) is 0 Å². The van der Waals surface area contributed by atoms with E-state index in [-0.39, 0.29) is 12.3 Å². The summed E-state index contributed by atoms with van der Waals surface area (Å²) in [7, 11) is 0. The van der Waals surface area contributed by atoms with Crippen LogP contribution < -0.4 is 5.32 Å². The van der Waals surface area contributed by atoms with E-state index in [1.54, 1.807) is 6.20 Å². The fourth-order valence-corrected chi connectivity index (χ4v) is 2.62. The van der Waals surface area contributed by atoms with Crippen molar-refractivity contribution in [2.75, 3.05) is 0 Å². The highest BCUT2D eigenvalue weighted by atomic mass is 16.4. The van der Waals surface area contributed by atoms with E-state index in [1.807, 2.05) is 19.1 Å². The molecule has 2 aromatic rings. The lowest BCUT2D eigenvalue weighted by Crippen LogP contribution is -2.40. The molecule has 0 saturated carbocycles. The Labute approximate surface area is 153 Å². The largest absolute Gasteiger partial charge is 0.480 e. The fraction of sp³-hybridized carbons (Fsp3) is 0.450. The number of rotatable bonds is 9. The van der Waals surface area contributed by atoms with Crippen LogP contribution in [0.15, 0.2) is 34.9 Å². The molecule has 1 unspecified atom stereocenters. The minimum Gasteiger partial charge on any atom is -0.480 e. The molecule has 1 atom stereocenters. The summed E-state index contributed by atoms with van der Waals surface area (Å²) in [5.74, 6) is 0.265. The number of hydrogen-bond donors (Lipinski definition) is 2. The average molecular weight is 358 g/mol. The lowest BCUT2D eigenvalue weighted by molar-refractivity contribution is -0.142. The summed E-state index contributed by atoms with van der Waals surface area (Å²) in [6, 6.07) is 7.28. The molecule has 6 heteroatoms. The molecule has 0 saturated heterocycles. The molecule has 0 radical (unpaired) electrons. The number of oxazole rings is 1. The van der Waals surface area contributed by atoms with Gasteiger partial charge in [-0.15, -0.1) is 0 Å². The second-order valence-electron chi connectivity index (χ2n) is 6.64. The van der Waals surface area contributed by atoms with Gasteiger partial charge in [0.2, 0.25) is 5.91 Å². The molecule has 2 N–H and O–H groups in total. The van der Waals surface area contributed by atoms with Gasteiger partial charge in [-0.25, -0.2) is 9.78 Å². The van der Waals surface area contributed by atoms with Gasteiger partial charge in [0, 0.05) is 18.4 Å². The summed E-state index contributed by atoms with van der Waals surface area (Å²) in [6.07, 6.45) is 3.22. The van der Waals surface area contributed by atoms with Crippen LogP contribution in [0.25, 0.3) is 11.3 Å². The van der Waals surface area contributed by atoms with Crippen molar-refractivity contribution in [3.05, 3.63) is 41.9 Å². The summed E-state index contributed by atoms with van der Waals surface area (Å²) in [6.45, 7) is 6.16. The van der Waals surface area contributed by atoms with Gasteiger partial charge in [0.15, 0.2) is 11.7 Å². The van der Waals surface area contributed by atoms with Crippen LogP contribution in [0.1, 0.15) is 57.4 Å². The van der Waals surface area contributed by atoms with Crippen LogP contribution >= 0.6 is 0 Å². The molecule has 0 aliphatic heterocycles. The zero-order chi connectivity index (χ0) is 19.1. The molecule has 1 heterocycles. The molecule has 0 bridgehead atoms. The van der Waals surface area contributed by atoms with Crippen molar-refractivity contribution in [3.8, 4) is 11.3 Å². The second kappa shape index (κ2) is 9.17. The molecular weight excluding hydrogens is 332 g/mol. The normalized spacial score (nSPS) is 12.2. The summed E-state index contributed by atoms with van der Waals surface area (Å²) in [5, 5.41) is 11.6. The number of aryl methyl sites for hydroxylation is 1. The zero-order valence-corrected chi connectivity index (χ0v) is 15.5. The lowest BCUT2D eigenvalue weighted by atomic mass is 10.0. The van der Waals surface area contributed by atoms with Crippen molar-refractivity contribution < 1.29 is 19.1 Å². The SMILES string of the molecule is CCCC(NC(=O)CCc1ncc(-c2ccc(C(C)C)cc2)o1)C(=O)O. The Kier molecular flexibility index (Phi) is 6.95. The van der Waals surface area contributed by atoms with Crippen molar-refractivity contribution in [1.82, 2.24) is 10.3 Å². The number of benzene rings is 1. The highest BCUT2D eigenvalue weighted by Crippen LogP contribution is 2.23. The lowest BCUT2D eigenvalue weighted by Gasteiger charge is -2.12. The van der Waals surface area contributed by atoms with Gasteiger partial charge in [-0.2, -0.15) is 0 Å². The van der Waals surface area contributed by atoms with E-state index in [2.05, 4.69) is 36.3 Å². The fourth-order valence-electron chi connectivity index (χ4n) is 2.62. The third kappa shape index (κ3) is 5.44. The number of nitrogens with one attached hydrogen (secondary N) is 1. The van der Waals surface area contributed by atoms with Crippen LogP contribution in [0.3, 0.4) is 0 Å². The monoisotopic (exact) mass is 358 g/mol. The van der Waals surface area contributed by atoms with Crippen LogP contribution in [0.4, 0.5) is 0 Å². The number of aromatic nitrogens is 1. The molecule has 0 spiro atoms. The third-order valence-corrected chi connectivity index (χ3v) is 4.19. The number of aliphatic carboxylic acids is 1. The highest BCUT2D eigenvalue weighted by Gasteiger charge is 2.19. The first kappa shape index (κ1) is 19.7. The van der Waals surface area contributed by atoms with Crippen molar-refractivity contribution >= 4 is 11.9 Å². The van der Waals surface area contributed by atoms with Crippen molar-refractivity contribution in [2.24, 2.45) is 0 Å². The Hall–Kier alpha value is -2.63. The molecule has 1 aromatic carbocycles. The average Bonchev–Trinajstić information content (AvgIpc) is 3.08. The van der Waals surface area contributed by atoms with Gasteiger partial charge in [-0.05, 0) is 17.9 Å². The predicted molar refractivity (Wildman–Crippen MR) is 98.8 cm³/mol. The standard InChI is InChI=1S/C20H26N2O4/c1-4-5-16(20(24)25)22-18(23)10-11-19-21-12-17(26-19)15-8-6-14(7-9-15)13(2)3/h6-9,12-13,16H,4-5,10-11H2,1-3H3,(H,22,23)(H,24,25). The Bertz CT molecular complexity index is 735. The van der Waals surface area contributed by atoms with E-state index < -0.39 is 12.0 Å². The number of nitrogens with zero attached hydrogens (tertiary/aromatic N) is 1. The van der Waals surface area contributed by atoms with Gasteiger partial charge in [-0.1, -0.05) is 51.5 Å². The molecule has 0 fully saturated rings. The number of hydrogen-bond acceptors (Lipinski definition) is 4. The molecule has 2 rings (SSSR count). The summed E-state index contributed by atoms with van der Waals surface area (Å²) in [4.78, 5) is 27.2. The summed E-state index contributed by atoms with van der Waals surface area (Å²) >= 11 is 0. The number of carbonyl (C=O) groups is 2. The van der Waals surface area contributed by atoms with Crippen LogP contribution in [0, 0.1) is 0 Å². The van der Waals surface area contributed by atoms with Crippen LogP contribution in [-0.4, -0.2) is 28.0 Å². The number of carboxylic acid groups (broad SMARTS) is 1. The molecule has 0 aliphatic rings. The maximum atomic E-state index is 11.9. The summed E-state index contributed by atoms with van der Waals surface area (Å²) < 4.78 is 5.71. The van der Waals surface area contributed by atoms with Gasteiger partial charge in [0.1, 0.15) is 6.04 Å². The molecule has 140 valence electrons. The van der Waals surface area contributed by atoms with Gasteiger partial charge >= 0.3 is 5.97 Å².